The first kappa shape index (κ1) is 13.2. The van der Waals surface area contributed by atoms with Crippen LogP contribution in [0.4, 0.5) is 10.1 Å². The number of hydrogen-bond acceptors (Lipinski definition) is 4. The molecule has 0 spiro atoms. The highest BCUT2D eigenvalue weighted by atomic mass is 19.1. The van der Waals surface area contributed by atoms with Crippen molar-refractivity contribution in [3.05, 3.63) is 53.3 Å². The van der Waals surface area contributed by atoms with Gasteiger partial charge in [-0.25, -0.2) is 4.39 Å². The monoisotopic (exact) mass is 283 g/mol. The van der Waals surface area contributed by atoms with Gasteiger partial charge in [0.25, 0.3) is 0 Å². The van der Waals surface area contributed by atoms with E-state index >= 15 is 0 Å². The molecule has 0 aliphatic rings. The number of halogens is 1. The Morgan fingerprint density at radius 2 is 1.90 bits per heavy atom. The largest absolute Gasteiger partial charge is 0.396 e. The maximum atomic E-state index is 13.6. The van der Waals surface area contributed by atoms with Crippen LogP contribution in [0.15, 0.2) is 36.4 Å². The van der Waals surface area contributed by atoms with Crippen molar-refractivity contribution in [1.82, 2.24) is 20.2 Å². The minimum atomic E-state index is -0.484. The van der Waals surface area contributed by atoms with E-state index in [9.17, 15) is 4.39 Å². The number of aromatic nitrogens is 4. The molecule has 21 heavy (non-hydrogen) atoms. The number of nitrogens with zero attached hydrogens (tertiary/aromatic N) is 4. The third-order valence-corrected chi connectivity index (χ3v) is 3.31. The summed E-state index contributed by atoms with van der Waals surface area (Å²) in [6.45, 7) is 4.00. The van der Waals surface area contributed by atoms with Crippen molar-refractivity contribution in [3.8, 4) is 17.1 Å². The van der Waals surface area contributed by atoms with Crippen LogP contribution >= 0.6 is 0 Å². The fraction of sp³-hybridized carbons (Fsp3) is 0.133. The predicted molar refractivity (Wildman–Crippen MR) is 78.4 cm³/mol. The Morgan fingerprint density at radius 1 is 1.10 bits per heavy atom. The molecular weight excluding hydrogens is 269 g/mol. The zero-order chi connectivity index (χ0) is 15.0. The van der Waals surface area contributed by atoms with E-state index in [2.05, 4.69) is 15.5 Å². The van der Waals surface area contributed by atoms with E-state index in [4.69, 9.17) is 5.73 Å². The molecule has 2 aromatic carbocycles. The molecule has 0 aliphatic carbocycles. The lowest BCUT2D eigenvalue weighted by Gasteiger charge is -2.09. The number of hydrogen-bond donors (Lipinski definition) is 1. The first-order valence-corrected chi connectivity index (χ1v) is 6.47. The predicted octanol–water partition coefficient (Wildman–Crippen LogP) is 2.67. The lowest BCUT2D eigenvalue weighted by Crippen LogP contribution is -2.03. The standard InChI is InChI=1S/C15H14FN5/c1-9-3-6-14(10(2)7-9)21-15(18-19-20-21)11-4-5-13(17)12(16)8-11/h3-8H,17H2,1-2H3. The molecular formula is C15H14FN5. The van der Waals surface area contributed by atoms with Gasteiger partial charge in [0.2, 0.25) is 0 Å². The van der Waals surface area contributed by atoms with Crippen LogP contribution in [0.25, 0.3) is 17.1 Å². The minimum Gasteiger partial charge on any atom is -0.396 e. The maximum Gasteiger partial charge on any atom is 0.187 e. The SMILES string of the molecule is Cc1ccc(-n2nnnc2-c2ccc(N)c(F)c2)c(C)c1. The number of nitrogens with two attached hydrogens (primary N) is 1. The Kier molecular flexibility index (Phi) is 3.13. The third-order valence-electron chi connectivity index (χ3n) is 3.31. The molecule has 1 heterocycles. The second kappa shape index (κ2) is 4.97. The molecule has 0 saturated carbocycles. The lowest BCUT2D eigenvalue weighted by atomic mass is 10.1. The summed E-state index contributed by atoms with van der Waals surface area (Å²) in [5.41, 5.74) is 9.23. The summed E-state index contributed by atoms with van der Waals surface area (Å²) in [6.07, 6.45) is 0. The van der Waals surface area contributed by atoms with Crippen molar-refractivity contribution in [3.63, 3.8) is 0 Å². The summed E-state index contributed by atoms with van der Waals surface area (Å²) in [4.78, 5) is 0. The molecule has 3 rings (SSSR count). The number of anilines is 1. The fourth-order valence-electron chi connectivity index (χ4n) is 2.24. The Labute approximate surface area is 121 Å². The van der Waals surface area contributed by atoms with E-state index in [0.717, 1.165) is 16.8 Å². The summed E-state index contributed by atoms with van der Waals surface area (Å²) in [5.74, 6) is -0.0106. The van der Waals surface area contributed by atoms with Gasteiger partial charge in [-0.05, 0) is 54.1 Å². The Bertz CT molecular complexity index is 810. The van der Waals surface area contributed by atoms with Crippen LogP contribution in [0.2, 0.25) is 0 Å². The molecule has 0 fully saturated rings. The average molecular weight is 283 g/mol. The first-order chi connectivity index (χ1) is 10.1. The highest BCUT2D eigenvalue weighted by Crippen LogP contribution is 2.24. The molecule has 0 radical (unpaired) electrons. The van der Waals surface area contributed by atoms with Crippen LogP contribution in [-0.2, 0) is 0 Å². The highest BCUT2D eigenvalue weighted by molar-refractivity contribution is 5.61. The number of benzene rings is 2. The van der Waals surface area contributed by atoms with Gasteiger partial charge < -0.3 is 5.73 Å². The third kappa shape index (κ3) is 2.35. The molecule has 0 atom stereocenters. The minimum absolute atomic E-state index is 0.101. The smallest absolute Gasteiger partial charge is 0.187 e. The normalized spacial score (nSPS) is 10.8. The van der Waals surface area contributed by atoms with E-state index in [1.165, 1.54) is 12.1 Å². The summed E-state index contributed by atoms with van der Waals surface area (Å²) in [5, 5.41) is 11.7. The summed E-state index contributed by atoms with van der Waals surface area (Å²) >= 11 is 0. The van der Waals surface area contributed by atoms with Crippen molar-refractivity contribution < 1.29 is 4.39 Å². The quantitative estimate of drug-likeness (QED) is 0.734. The number of rotatable bonds is 2. The molecule has 2 N–H and O–H groups in total. The average Bonchev–Trinajstić information content (AvgIpc) is 2.91. The van der Waals surface area contributed by atoms with E-state index < -0.39 is 5.82 Å². The van der Waals surface area contributed by atoms with Crippen LogP contribution in [0.5, 0.6) is 0 Å². The van der Waals surface area contributed by atoms with Crippen LogP contribution in [-0.4, -0.2) is 20.2 Å². The zero-order valence-corrected chi connectivity index (χ0v) is 11.7. The van der Waals surface area contributed by atoms with Gasteiger partial charge in [0.1, 0.15) is 5.82 Å². The molecule has 0 aliphatic heterocycles. The number of tetrazole rings is 1. The van der Waals surface area contributed by atoms with Gasteiger partial charge in [0.05, 0.1) is 11.4 Å². The van der Waals surface area contributed by atoms with Crippen LogP contribution in [0, 0.1) is 19.7 Å². The molecule has 0 unspecified atom stereocenters. The number of aryl methyl sites for hydroxylation is 2. The van der Waals surface area contributed by atoms with Crippen molar-refractivity contribution in [2.24, 2.45) is 0 Å². The maximum absolute atomic E-state index is 13.6. The van der Waals surface area contributed by atoms with Crippen molar-refractivity contribution in [1.29, 1.82) is 0 Å². The number of nitrogen functional groups attached to an aromatic ring is 1. The van der Waals surface area contributed by atoms with Gasteiger partial charge in [-0.2, -0.15) is 4.68 Å². The molecule has 6 heteroatoms. The molecule has 1 aromatic heterocycles. The van der Waals surface area contributed by atoms with Gasteiger partial charge in [-0.1, -0.05) is 17.7 Å². The van der Waals surface area contributed by atoms with E-state index in [1.807, 2.05) is 32.0 Å². The van der Waals surface area contributed by atoms with Crippen LogP contribution in [0.1, 0.15) is 11.1 Å². The second-order valence-electron chi connectivity index (χ2n) is 4.94. The molecule has 0 amide bonds. The topological polar surface area (TPSA) is 69.6 Å². The molecule has 3 aromatic rings. The summed E-state index contributed by atoms with van der Waals surface area (Å²) < 4.78 is 15.2. The van der Waals surface area contributed by atoms with Gasteiger partial charge in [-0.3, -0.25) is 0 Å². The summed E-state index contributed by atoms with van der Waals surface area (Å²) in [7, 11) is 0. The molecule has 0 bridgehead atoms. The van der Waals surface area contributed by atoms with E-state index in [1.54, 1.807) is 10.7 Å². The first-order valence-electron chi connectivity index (χ1n) is 6.47. The Hall–Kier alpha value is -2.76. The Morgan fingerprint density at radius 3 is 2.62 bits per heavy atom. The van der Waals surface area contributed by atoms with E-state index in [0.29, 0.717) is 11.4 Å². The van der Waals surface area contributed by atoms with E-state index in [-0.39, 0.29) is 5.69 Å². The van der Waals surface area contributed by atoms with Gasteiger partial charge in [0, 0.05) is 5.56 Å². The highest BCUT2D eigenvalue weighted by Gasteiger charge is 2.13. The second-order valence-corrected chi connectivity index (χ2v) is 4.94. The van der Waals surface area contributed by atoms with Crippen LogP contribution < -0.4 is 5.73 Å². The molecule has 106 valence electrons. The fourth-order valence-corrected chi connectivity index (χ4v) is 2.24. The summed E-state index contributed by atoms with van der Waals surface area (Å²) in [6, 6.07) is 10.5. The van der Waals surface area contributed by atoms with Crippen molar-refractivity contribution in [2.45, 2.75) is 13.8 Å². The van der Waals surface area contributed by atoms with Crippen LogP contribution in [0.3, 0.4) is 0 Å². The van der Waals surface area contributed by atoms with Crippen molar-refractivity contribution in [2.75, 3.05) is 5.73 Å². The molecule has 0 saturated heterocycles. The zero-order valence-electron chi connectivity index (χ0n) is 11.7. The molecule has 5 nitrogen and oxygen atoms in total. The van der Waals surface area contributed by atoms with Crippen molar-refractivity contribution >= 4 is 5.69 Å². The van der Waals surface area contributed by atoms with Gasteiger partial charge in [-0.15, -0.1) is 5.10 Å². The Balaban J connectivity index is 2.14. The lowest BCUT2D eigenvalue weighted by molar-refractivity contribution is 0.632. The van der Waals surface area contributed by atoms with Gasteiger partial charge in [0.15, 0.2) is 5.82 Å². The van der Waals surface area contributed by atoms with Gasteiger partial charge >= 0.3 is 0 Å².